The van der Waals surface area contributed by atoms with Crippen molar-refractivity contribution in [1.82, 2.24) is 4.98 Å². The number of anilines is 1. The Kier molecular flexibility index (Phi) is 6.42. The highest BCUT2D eigenvalue weighted by Gasteiger charge is 2.12. The van der Waals surface area contributed by atoms with Crippen LogP contribution < -0.4 is 5.32 Å². The van der Waals surface area contributed by atoms with Crippen LogP contribution in [0.2, 0.25) is 0 Å². The van der Waals surface area contributed by atoms with Gasteiger partial charge in [0.2, 0.25) is 5.91 Å². The van der Waals surface area contributed by atoms with E-state index >= 15 is 0 Å². The maximum absolute atomic E-state index is 12.3. The van der Waals surface area contributed by atoms with Crippen molar-refractivity contribution in [3.8, 4) is 0 Å². The Hall–Kier alpha value is -2.44. The molecular weight excluding hydrogens is 376 g/mol. The molecule has 1 amide bonds. The summed E-state index contributed by atoms with van der Waals surface area (Å²) in [5.74, 6) is 0.325. The number of carbonyl (C=O) groups is 2. The van der Waals surface area contributed by atoms with E-state index in [2.05, 4.69) is 10.3 Å². The lowest BCUT2D eigenvalue weighted by atomic mass is 10.1. The van der Waals surface area contributed by atoms with Gasteiger partial charge in [-0.3, -0.25) is 9.59 Å². The summed E-state index contributed by atoms with van der Waals surface area (Å²) in [5, 5.41) is 4.85. The molecule has 0 aliphatic heterocycles. The number of rotatable bonds is 7. The highest BCUT2D eigenvalue weighted by molar-refractivity contribution is 8.01. The number of aryl methyl sites for hydroxylation is 2. The van der Waals surface area contributed by atoms with E-state index < -0.39 is 0 Å². The Morgan fingerprint density at radius 1 is 1.04 bits per heavy atom. The van der Waals surface area contributed by atoms with Crippen molar-refractivity contribution in [2.45, 2.75) is 24.6 Å². The Balaban J connectivity index is 1.55. The van der Waals surface area contributed by atoms with Crippen LogP contribution in [0.25, 0.3) is 0 Å². The summed E-state index contributed by atoms with van der Waals surface area (Å²) in [6, 6.07) is 15.2. The van der Waals surface area contributed by atoms with Gasteiger partial charge in [-0.1, -0.05) is 60.3 Å². The first-order chi connectivity index (χ1) is 13.0. The van der Waals surface area contributed by atoms with E-state index in [0.29, 0.717) is 11.3 Å². The number of benzene rings is 2. The van der Waals surface area contributed by atoms with Crippen LogP contribution in [0.15, 0.2) is 58.3 Å². The molecular formula is C21H20N2O2S2. The molecule has 0 fully saturated rings. The fourth-order valence-electron chi connectivity index (χ4n) is 2.63. The van der Waals surface area contributed by atoms with Crippen LogP contribution in [0.4, 0.5) is 5.69 Å². The van der Waals surface area contributed by atoms with Gasteiger partial charge < -0.3 is 5.32 Å². The van der Waals surface area contributed by atoms with Crippen molar-refractivity contribution < 1.29 is 9.59 Å². The summed E-state index contributed by atoms with van der Waals surface area (Å²) in [5.41, 5.74) is 4.36. The smallest absolute Gasteiger partial charge is 0.230 e. The van der Waals surface area contributed by atoms with Gasteiger partial charge in [-0.15, -0.1) is 11.3 Å². The Morgan fingerprint density at radius 2 is 1.74 bits per heavy atom. The van der Waals surface area contributed by atoms with Gasteiger partial charge in [-0.2, -0.15) is 0 Å². The number of Topliss-reactive ketones (excluding diaryl/α,β-unsaturated/α-hetero) is 1. The maximum atomic E-state index is 12.3. The van der Waals surface area contributed by atoms with E-state index in [1.807, 2.05) is 67.8 Å². The fraction of sp³-hybridized carbons (Fsp3) is 0.190. The predicted octanol–water partition coefficient (Wildman–Crippen LogP) is 4.92. The normalized spacial score (nSPS) is 10.6. The molecule has 0 atom stereocenters. The number of carbonyl (C=O) groups excluding carboxylic acids is 2. The zero-order valence-corrected chi connectivity index (χ0v) is 16.8. The van der Waals surface area contributed by atoms with Gasteiger partial charge in [0.25, 0.3) is 0 Å². The third-order valence-electron chi connectivity index (χ3n) is 4.04. The van der Waals surface area contributed by atoms with Crippen molar-refractivity contribution >= 4 is 40.5 Å². The standard InChI is InChI=1S/C21H20N2O2S2/c1-14-7-6-8-15(2)20(14)23-19(25)11-17-12-26-21(22-17)27-13-18(24)16-9-4-3-5-10-16/h3-10,12H,11,13H2,1-2H3,(H,23,25). The van der Waals surface area contributed by atoms with Crippen LogP contribution in [0.3, 0.4) is 0 Å². The Labute approximate surface area is 167 Å². The lowest BCUT2D eigenvalue weighted by Crippen LogP contribution is -2.16. The lowest BCUT2D eigenvalue weighted by molar-refractivity contribution is -0.115. The molecule has 3 rings (SSSR count). The minimum Gasteiger partial charge on any atom is -0.325 e. The number of thioether (sulfide) groups is 1. The molecule has 0 radical (unpaired) electrons. The quantitative estimate of drug-likeness (QED) is 0.455. The molecule has 0 bridgehead atoms. The second-order valence-corrected chi connectivity index (χ2v) is 8.25. The third-order valence-corrected chi connectivity index (χ3v) is 6.11. The van der Waals surface area contributed by atoms with Crippen LogP contribution in [0.1, 0.15) is 27.2 Å². The van der Waals surface area contributed by atoms with Gasteiger partial charge in [0.15, 0.2) is 10.1 Å². The molecule has 0 saturated carbocycles. The van der Waals surface area contributed by atoms with Crippen molar-refractivity contribution in [2.75, 3.05) is 11.1 Å². The number of para-hydroxylation sites is 1. The molecule has 6 heteroatoms. The second-order valence-electron chi connectivity index (χ2n) is 6.17. The molecule has 138 valence electrons. The second kappa shape index (κ2) is 8.97. The molecule has 1 N–H and O–H groups in total. The minimum atomic E-state index is -0.0883. The van der Waals surface area contributed by atoms with E-state index in [1.54, 1.807) is 0 Å². The van der Waals surface area contributed by atoms with Crippen LogP contribution in [0, 0.1) is 13.8 Å². The SMILES string of the molecule is Cc1cccc(C)c1NC(=O)Cc1csc(SCC(=O)c2ccccc2)n1. The highest BCUT2D eigenvalue weighted by Crippen LogP contribution is 2.24. The third kappa shape index (κ3) is 5.28. The van der Waals surface area contributed by atoms with Crippen molar-refractivity contribution in [3.63, 3.8) is 0 Å². The van der Waals surface area contributed by atoms with Gasteiger partial charge in [0, 0.05) is 16.6 Å². The van der Waals surface area contributed by atoms with Crippen LogP contribution in [0.5, 0.6) is 0 Å². The predicted molar refractivity (Wildman–Crippen MR) is 112 cm³/mol. The van der Waals surface area contributed by atoms with Crippen LogP contribution in [-0.4, -0.2) is 22.4 Å². The zero-order chi connectivity index (χ0) is 19.2. The molecule has 0 aliphatic carbocycles. The van der Waals surface area contributed by atoms with Gasteiger partial charge in [0.1, 0.15) is 0 Å². The van der Waals surface area contributed by atoms with Gasteiger partial charge in [-0.25, -0.2) is 4.98 Å². The molecule has 0 unspecified atom stereocenters. The monoisotopic (exact) mass is 396 g/mol. The lowest BCUT2D eigenvalue weighted by Gasteiger charge is -2.10. The fourth-order valence-corrected chi connectivity index (χ4v) is 4.37. The highest BCUT2D eigenvalue weighted by atomic mass is 32.2. The number of nitrogens with zero attached hydrogens (tertiary/aromatic N) is 1. The number of hydrogen-bond donors (Lipinski definition) is 1. The molecule has 27 heavy (non-hydrogen) atoms. The summed E-state index contributed by atoms with van der Waals surface area (Å²) in [4.78, 5) is 29.0. The van der Waals surface area contributed by atoms with Gasteiger partial charge in [0.05, 0.1) is 17.9 Å². The summed E-state index contributed by atoms with van der Waals surface area (Å²) in [7, 11) is 0. The van der Waals surface area contributed by atoms with Crippen molar-refractivity contribution in [1.29, 1.82) is 0 Å². The van der Waals surface area contributed by atoms with E-state index in [1.165, 1.54) is 23.1 Å². The maximum Gasteiger partial charge on any atom is 0.230 e. The molecule has 1 aromatic heterocycles. The number of ketones is 1. The largest absolute Gasteiger partial charge is 0.325 e. The molecule has 0 saturated heterocycles. The number of aromatic nitrogens is 1. The Bertz CT molecular complexity index is 932. The molecule has 0 aliphatic rings. The molecule has 3 aromatic rings. The van der Waals surface area contributed by atoms with Crippen molar-refractivity contribution in [3.05, 3.63) is 76.3 Å². The van der Waals surface area contributed by atoms with E-state index in [-0.39, 0.29) is 18.1 Å². The summed E-state index contributed by atoms with van der Waals surface area (Å²) >= 11 is 2.87. The minimum absolute atomic E-state index is 0.0742. The average Bonchev–Trinajstić information content (AvgIpc) is 3.11. The summed E-state index contributed by atoms with van der Waals surface area (Å²) in [6.45, 7) is 3.95. The van der Waals surface area contributed by atoms with Crippen LogP contribution in [-0.2, 0) is 11.2 Å². The van der Waals surface area contributed by atoms with E-state index in [9.17, 15) is 9.59 Å². The number of thiazole rings is 1. The van der Waals surface area contributed by atoms with E-state index in [0.717, 1.165) is 26.8 Å². The zero-order valence-electron chi connectivity index (χ0n) is 15.2. The molecule has 1 heterocycles. The summed E-state index contributed by atoms with van der Waals surface area (Å²) in [6.07, 6.45) is 0.220. The summed E-state index contributed by atoms with van der Waals surface area (Å²) < 4.78 is 0.800. The molecule has 4 nitrogen and oxygen atoms in total. The van der Waals surface area contributed by atoms with Crippen LogP contribution >= 0.6 is 23.1 Å². The Morgan fingerprint density at radius 3 is 2.44 bits per heavy atom. The van der Waals surface area contributed by atoms with Gasteiger partial charge in [-0.05, 0) is 25.0 Å². The number of amides is 1. The first kappa shape index (κ1) is 19.3. The van der Waals surface area contributed by atoms with Crippen molar-refractivity contribution in [2.24, 2.45) is 0 Å². The first-order valence-electron chi connectivity index (χ1n) is 8.54. The van der Waals surface area contributed by atoms with E-state index in [4.69, 9.17) is 0 Å². The first-order valence-corrected chi connectivity index (χ1v) is 10.4. The number of nitrogens with one attached hydrogen (secondary N) is 1. The molecule has 0 spiro atoms. The molecule has 2 aromatic carbocycles. The average molecular weight is 397 g/mol. The topological polar surface area (TPSA) is 59.1 Å². The van der Waals surface area contributed by atoms with Gasteiger partial charge >= 0.3 is 0 Å². The number of hydrogen-bond acceptors (Lipinski definition) is 5.